The average Bonchev–Trinajstić information content (AvgIpc) is 2.19. The summed E-state index contributed by atoms with van der Waals surface area (Å²) >= 11 is 0. The van der Waals surface area contributed by atoms with Gasteiger partial charge in [0, 0.05) is 0 Å². The maximum absolute atomic E-state index is 13.0. The Kier molecular flexibility index (Phi) is 3.23. The van der Waals surface area contributed by atoms with Gasteiger partial charge >= 0.3 is 99.9 Å². The third-order valence-corrected chi connectivity index (χ3v) is 5.08. The summed E-state index contributed by atoms with van der Waals surface area (Å²) in [5, 5.41) is -2.46. The summed E-state index contributed by atoms with van der Waals surface area (Å²) in [7, 11) is 0. The second kappa shape index (κ2) is 3.99. The molecule has 129 valence electrons. The summed E-state index contributed by atoms with van der Waals surface area (Å²) < 4.78 is 147. The quantitative estimate of drug-likeness (QED) is 0.349. The van der Waals surface area contributed by atoms with Gasteiger partial charge in [-0.3, -0.25) is 0 Å². The number of morpholine rings is 1. The van der Waals surface area contributed by atoms with Crippen LogP contribution < -0.4 is 0 Å². The van der Waals surface area contributed by atoms with Crippen molar-refractivity contribution in [2.24, 2.45) is 0 Å². The Morgan fingerprint density at radius 1 is 0.810 bits per heavy atom. The van der Waals surface area contributed by atoms with Gasteiger partial charge in [0.15, 0.2) is 0 Å². The molecule has 21 heavy (non-hydrogen) atoms. The number of rotatable bonds is 1. The first-order valence-corrected chi connectivity index (χ1v) is 6.67. The number of alkyl halides is 11. The standard InChI is InChI=1S/C4F8NO.C2F4.Cf/c5-1(6)3(9,10)14-4(11,12)2(7,8)13-1;3-1-2(4,5)6;/q-1;;+1. The zero-order valence-electron chi connectivity index (χ0n) is 8.71. The average molecular weight is 581 g/mol. The second-order valence-electron chi connectivity index (χ2n) is 3.27. The van der Waals surface area contributed by atoms with Crippen LogP contribution in [0, 0.1) is 0 Å². The van der Waals surface area contributed by atoms with Crippen molar-refractivity contribution in [2.75, 3.05) is 0 Å². The summed E-state index contributed by atoms with van der Waals surface area (Å²) in [6.45, 7) is -3.45. The van der Waals surface area contributed by atoms with Crippen molar-refractivity contribution in [3.05, 3.63) is 0 Å². The van der Waals surface area contributed by atoms with E-state index in [9.17, 15) is 52.7 Å². The summed E-state index contributed by atoms with van der Waals surface area (Å²) in [4.78, 5) is 0. The molecular formula is C6CfF12NO. The third-order valence-electron chi connectivity index (χ3n) is 1.74. The molecule has 0 saturated carbocycles. The van der Waals surface area contributed by atoms with E-state index in [-0.39, 0.29) is 0 Å². The molecule has 1 aliphatic heterocycles. The molecule has 0 radical (unpaired) electrons. The molecule has 0 N–H and O–H groups in total. The summed E-state index contributed by atoms with van der Waals surface area (Å²) in [6.07, 6.45) is -18.5. The first-order valence-electron chi connectivity index (χ1n) is 4.17. The van der Waals surface area contributed by atoms with Crippen LogP contribution in [0.15, 0.2) is 0 Å². The normalized spacial score (nSPS) is 28.1. The molecule has 0 spiro atoms. The molecule has 0 aliphatic carbocycles. The third kappa shape index (κ3) is 2.36. The van der Waals surface area contributed by atoms with E-state index in [0.29, 0.717) is 0 Å². The Balaban J connectivity index is 3.48. The minimum atomic E-state index is -6.27. The molecule has 1 aliphatic rings. The minimum absolute atomic E-state index is 1.99. The van der Waals surface area contributed by atoms with Crippen molar-refractivity contribution in [3.63, 3.8) is 0 Å². The van der Waals surface area contributed by atoms with Crippen molar-refractivity contribution in [2.45, 2.75) is 30.5 Å². The van der Waals surface area contributed by atoms with Crippen LogP contribution in [0.5, 0.6) is 0 Å². The van der Waals surface area contributed by atoms with Crippen LogP contribution in [0.3, 0.4) is 0 Å². The molecule has 0 aromatic rings. The van der Waals surface area contributed by atoms with Gasteiger partial charge in [0.2, 0.25) is 0 Å². The van der Waals surface area contributed by atoms with E-state index in [1.807, 2.05) is 4.74 Å². The molecule has 0 aromatic carbocycles. The molecule has 15 heteroatoms. The van der Waals surface area contributed by atoms with Gasteiger partial charge in [-0.15, -0.1) is 0 Å². The molecule has 0 bridgehead atoms. The zero-order valence-corrected chi connectivity index (χ0v) is 11.3. The first-order chi connectivity index (χ1) is 8.97. The van der Waals surface area contributed by atoms with Crippen LogP contribution in [-0.4, -0.2) is 42.5 Å². The molecule has 0 atom stereocenters. The van der Waals surface area contributed by atoms with E-state index in [2.05, 4.69) is 0 Å². The van der Waals surface area contributed by atoms with E-state index in [1.165, 1.54) is 0 Å². The van der Waals surface area contributed by atoms with Gasteiger partial charge in [-0.05, 0) is 0 Å². The Hall–Kier alpha value is -2.05. The van der Waals surface area contributed by atoms with Crippen molar-refractivity contribution in [1.29, 1.82) is 0 Å². The van der Waals surface area contributed by atoms with Gasteiger partial charge in [0.1, 0.15) is 0 Å². The predicted molar refractivity (Wildman–Crippen MR) is 34.9 cm³/mol. The molecule has 1 fully saturated rings. The van der Waals surface area contributed by atoms with E-state index in [1.54, 1.807) is 0 Å². The number of nitrogens with zero attached hydrogens (tertiary/aromatic N) is 1. The summed E-state index contributed by atoms with van der Waals surface area (Å²) in [5.74, 6) is 0. The van der Waals surface area contributed by atoms with E-state index >= 15 is 0 Å². The number of ether oxygens (including phenoxy) is 1. The van der Waals surface area contributed by atoms with Crippen LogP contribution in [-0.2, 0) is 4.74 Å². The SMILES string of the molecule is F/[C](=[Cf]\[N]1C(F)(F)C(F)(F)OC(F)(F)C1(F)F)C(F)(F)F. The Bertz CT molecular complexity index is 429. The fourth-order valence-corrected chi connectivity index (χ4v) is 3.14. The van der Waals surface area contributed by atoms with Crippen LogP contribution in [0.25, 0.3) is 0 Å². The second-order valence-corrected chi connectivity index (χ2v) is 6.20. The zero-order chi connectivity index (χ0) is 17.1. The molecule has 1 rings (SSSR count). The van der Waals surface area contributed by atoms with Crippen LogP contribution in [0.4, 0.5) is 52.7 Å². The van der Waals surface area contributed by atoms with Crippen molar-refractivity contribution in [1.82, 2.24) is 5.32 Å². The Labute approximate surface area is 101 Å². The molecule has 1 saturated heterocycles. The molecule has 0 amide bonds. The van der Waals surface area contributed by atoms with Gasteiger partial charge in [-0.1, -0.05) is 0 Å². The van der Waals surface area contributed by atoms with Crippen LogP contribution >= 0.6 is 0 Å². The molecule has 1 heterocycles. The summed E-state index contributed by atoms with van der Waals surface area (Å²) in [6, 6.07) is -12.5. The number of halogens is 12. The van der Waals surface area contributed by atoms with Gasteiger partial charge in [-0.25, -0.2) is 0 Å². The monoisotopic (exact) mass is 579 g/mol. The molecular weight excluding hydrogens is 581 g/mol. The number of hydrogen-bond donors (Lipinski definition) is 0. The maximum atomic E-state index is 13.0. The van der Waals surface area contributed by atoms with Crippen molar-refractivity contribution in [3.8, 4) is 0 Å². The topological polar surface area (TPSA) is 12.5 Å². The van der Waals surface area contributed by atoms with Gasteiger partial charge in [0.05, 0.1) is 0 Å². The molecule has 2 nitrogen and oxygen atoms in total. The van der Waals surface area contributed by atoms with E-state index < -0.39 is 42.5 Å². The van der Waals surface area contributed by atoms with Gasteiger partial charge in [0.25, 0.3) is 0 Å². The van der Waals surface area contributed by atoms with E-state index in [4.69, 9.17) is 0 Å². The first kappa shape index (κ1) is 17.0. The molecule has 0 unspecified atom stereocenters. The fourth-order valence-electron chi connectivity index (χ4n) is 0.864. The van der Waals surface area contributed by atoms with Gasteiger partial charge in [-0.2, -0.15) is 0 Å². The van der Waals surface area contributed by atoms with Crippen LogP contribution in [0.2, 0.25) is 0 Å². The van der Waals surface area contributed by atoms with Crippen molar-refractivity contribution < 1.29 is 57.4 Å². The summed E-state index contributed by atoms with van der Waals surface area (Å²) in [5.41, 5.74) is 0. The molecule has 0 aromatic heterocycles. The predicted octanol–water partition coefficient (Wildman–Crippen LogP) is 3.35. The Morgan fingerprint density at radius 3 is 1.43 bits per heavy atom. The van der Waals surface area contributed by atoms with E-state index in [0.717, 1.165) is 0 Å². The fraction of sp³-hybridized carbons (Fsp3) is 0.833. The number of hydrogen-bond acceptors (Lipinski definition) is 2. The van der Waals surface area contributed by atoms with Crippen molar-refractivity contribution >= 4 is 6.67 Å². The van der Waals surface area contributed by atoms with Gasteiger partial charge < -0.3 is 0 Å². The Morgan fingerprint density at radius 2 is 1.14 bits per heavy atom. The van der Waals surface area contributed by atoms with Crippen LogP contribution in [0.1, 0.15) is 0 Å².